The quantitative estimate of drug-likeness (QED) is 0.127. The first-order chi connectivity index (χ1) is 13.7. The molecule has 9 heteroatoms. The monoisotopic (exact) mass is 453 g/mol. The van der Waals surface area contributed by atoms with Crippen LogP contribution in [0.2, 0.25) is 0 Å². The van der Waals surface area contributed by atoms with Gasteiger partial charge in [-0.1, -0.05) is 32.9 Å². The molecule has 8 nitrogen and oxygen atoms in total. The summed E-state index contributed by atoms with van der Waals surface area (Å²) in [6.07, 6.45) is 6.64. The van der Waals surface area contributed by atoms with E-state index in [1.807, 2.05) is 19.1 Å². The minimum Gasteiger partial charge on any atom is -0.550 e. The van der Waals surface area contributed by atoms with Crippen LogP contribution in [0.15, 0.2) is 12.2 Å². The third kappa shape index (κ3) is 13.2. The zero-order valence-electron chi connectivity index (χ0n) is 19.1. The molecule has 0 spiro atoms. The van der Waals surface area contributed by atoms with Gasteiger partial charge in [-0.2, -0.15) is 0 Å². The molecule has 0 saturated carbocycles. The third-order valence-electron chi connectivity index (χ3n) is 5.31. The van der Waals surface area contributed by atoms with E-state index in [1.54, 1.807) is 13.8 Å². The van der Waals surface area contributed by atoms with Gasteiger partial charge in [-0.05, 0) is 25.7 Å². The number of rotatable bonds is 17. The van der Waals surface area contributed by atoms with Gasteiger partial charge in [0.1, 0.15) is 12.5 Å². The van der Waals surface area contributed by atoms with Crippen LogP contribution >= 0.6 is 0 Å². The molecule has 1 amide bonds. The molecule has 168 valence electrons. The van der Waals surface area contributed by atoms with Gasteiger partial charge in [-0.25, -0.2) is 0 Å². The Balaban J connectivity index is 0. The average molecular weight is 454 g/mol. The van der Waals surface area contributed by atoms with Crippen molar-refractivity contribution in [3.05, 3.63) is 12.2 Å². The van der Waals surface area contributed by atoms with E-state index in [2.05, 4.69) is 5.32 Å². The van der Waals surface area contributed by atoms with Gasteiger partial charge in [0.05, 0.1) is 38.8 Å². The Morgan fingerprint density at radius 2 is 1.63 bits per heavy atom. The van der Waals surface area contributed by atoms with E-state index in [-0.39, 0.29) is 94.6 Å². The van der Waals surface area contributed by atoms with Crippen molar-refractivity contribution in [3.8, 4) is 0 Å². The van der Waals surface area contributed by atoms with Crippen molar-refractivity contribution in [2.45, 2.75) is 52.9 Å². The number of carboxylic acid groups (broad SMARTS) is 2. The van der Waals surface area contributed by atoms with Crippen LogP contribution in [-0.2, 0) is 14.4 Å². The molecule has 30 heavy (non-hydrogen) atoms. The van der Waals surface area contributed by atoms with Crippen LogP contribution in [0, 0.1) is 11.8 Å². The number of quaternary nitrogens is 1. The first-order valence-electron chi connectivity index (χ1n) is 10.6. The molecule has 0 bridgehead atoms. The maximum absolute atomic E-state index is 12.0. The largest absolute Gasteiger partial charge is 1.00 e. The Kier molecular flexibility index (Phi) is 19.4. The number of aliphatic hydroxyl groups is 1. The van der Waals surface area contributed by atoms with E-state index < -0.39 is 23.8 Å². The number of nitrogens with zero attached hydrogens (tertiary/aromatic N) is 1. The molecule has 0 radical (unpaired) electrons. The summed E-state index contributed by atoms with van der Waals surface area (Å²) in [7, 11) is 0. The molecule has 0 fully saturated rings. The van der Waals surface area contributed by atoms with Crippen molar-refractivity contribution in [2.24, 2.45) is 11.8 Å². The number of amides is 1. The number of hydrogen-bond donors (Lipinski definition) is 3. The van der Waals surface area contributed by atoms with Gasteiger partial charge < -0.3 is 29.9 Å². The summed E-state index contributed by atoms with van der Waals surface area (Å²) in [5, 5.41) is 33.4. The summed E-state index contributed by atoms with van der Waals surface area (Å²) in [6.45, 7) is 6.57. The van der Waals surface area contributed by atoms with E-state index in [0.717, 1.165) is 6.42 Å². The first-order valence-corrected chi connectivity index (χ1v) is 10.6. The summed E-state index contributed by atoms with van der Waals surface area (Å²) >= 11 is 0. The molecular weight excluding hydrogens is 415 g/mol. The maximum atomic E-state index is 12.0. The SMILES string of the molecule is CC/C=C/CCC(=O)NCC[N+](CCO)(CC(CC)C(=O)[O-])CC(CC)C(=O)O.[K+]. The fraction of sp³-hybridized carbons (Fsp3) is 0.762. The maximum Gasteiger partial charge on any atom is 1.00 e. The Morgan fingerprint density at radius 1 is 1.03 bits per heavy atom. The van der Waals surface area contributed by atoms with Crippen molar-refractivity contribution >= 4 is 17.8 Å². The molecular formula is C21H38KN2O6+. The van der Waals surface area contributed by atoms with Crippen LogP contribution in [-0.4, -0.2) is 71.9 Å². The van der Waals surface area contributed by atoms with Crippen LogP contribution in [0.5, 0.6) is 0 Å². The van der Waals surface area contributed by atoms with E-state index in [0.29, 0.717) is 32.2 Å². The molecule has 0 saturated heterocycles. The van der Waals surface area contributed by atoms with Gasteiger partial charge in [-0.3, -0.25) is 9.59 Å². The summed E-state index contributed by atoms with van der Waals surface area (Å²) in [6, 6.07) is 0. The Morgan fingerprint density at radius 3 is 2.10 bits per heavy atom. The van der Waals surface area contributed by atoms with Crippen LogP contribution in [0.1, 0.15) is 52.9 Å². The fourth-order valence-electron chi connectivity index (χ4n) is 3.47. The molecule has 3 N–H and O–H groups in total. The van der Waals surface area contributed by atoms with Gasteiger partial charge in [0.25, 0.3) is 0 Å². The summed E-state index contributed by atoms with van der Waals surface area (Å²) in [5.41, 5.74) is 0. The van der Waals surface area contributed by atoms with E-state index in [4.69, 9.17) is 0 Å². The smallest absolute Gasteiger partial charge is 0.550 e. The second-order valence-corrected chi connectivity index (χ2v) is 7.51. The van der Waals surface area contributed by atoms with Crippen molar-refractivity contribution < 1.29 is 85.6 Å². The third-order valence-corrected chi connectivity index (χ3v) is 5.31. The normalized spacial score (nSPS) is 15.1. The number of carbonyl (C=O) groups is 3. The van der Waals surface area contributed by atoms with E-state index in [1.165, 1.54) is 0 Å². The average Bonchev–Trinajstić information content (AvgIpc) is 2.67. The zero-order valence-corrected chi connectivity index (χ0v) is 22.2. The molecule has 3 atom stereocenters. The second kappa shape index (κ2) is 18.3. The van der Waals surface area contributed by atoms with Crippen molar-refractivity contribution in [2.75, 3.05) is 39.3 Å². The molecule has 0 rings (SSSR count). The van der Waals surface area contributed by atoms with Gasteiger partial charge in [0, 0.05) is 12.3 Å². The minimum atomic E-state index is -1.18. The number of aliphatic hydroxyl groups excluding tert-OH is 1. The number of hydrogen-bond acceptors (Lipinski definition) is 5. The molecule has 0 aliphatic rings. The Bertz CT molecular complexity index is 518. The number of carboxylic acids is 2. The van der Waals surface area contributed by atoms with Crippen LogP contribution in [0.3, 0.4) is 0 Å². The first kappa shape index (κ1) is 31.9. The van der Waals surface area contributed by atoms with Gasteiger partial charge in [0.15, 0.2) is 0 Å². The number of allylic oxidation sites excluding steroid dienone is 2. The predicted molar refractivity (Wildman–Crippen MR) is 109 cm³/mol. The Hall–Kier alpha value is -0.294. The summed E-state index contributed by atoms with van der Waals surface area (Å²) in [5.74, 6) is -3.63. The van der Waals surface area contributed by atoms with Crippen molar-refractivity contribution in [1.82, 2.24) is 5.32 Å². The number of carbonyl (C=O) groups excluding carboxylic acids is 2. The van der Waals surface area contributed by atoms with Crippen molar-refractivity contribution in [1.29, 1.82) is 0 Å². The van der Waals surface area contributed by atoms with Gasteiger partial charge >= 0.3 is 57.4 Å². The van der Waals surface area contributed by atoms with Crippen LogP contribution < -0.4 is 61.8 Å². The zero-order chi connectivity index (χ0) is 22.3. The molecule has 0 heterocycles. The van der Waals surface area contributed by atoms with Crippen LogP contribution in [0.4, 0.5) is 0 Å². The minimum absolute atomic E-state index is 0. The second-order valence-electron chi connectivity index (χ2n) is 7.51. The molecule has 0 aromatic carbocycles. The van der Waals surface area contributed by atoms with Crippen LogP contribution in [0.25, 0.3) is 0 Å². The summed E-state index contributed by atoms with van der Waals surface area (Å²) < 4.78 is 0.115. The predicted octanol–water partition coefficient (Wildman–Crippen LogP) is -2.45. The summed E-state index contributed by atoms with van der Waals surface area (Å²) in [4.78, 5) is 35.1. The molecule has 0 aromatic rings. The Labute approximate surface area is 223 Å². The topological polar surface area (TPSA) is 127 Å². The van der Waals surface area contributed by atoms with E-state index in [9.17, 15) is 29.7 Å². The van der Waals surface area contributed by atoms with Gasteiger partial charge in [-0.15, -0.1) is 0 Å². The molecule has 0 aliphatic heterocycles. The number of aliphatic carboxylic acids is 2. The molecule has 3 unspecified atom stereocenters. The number of nitrogens with one attached hydrogen (secondary N) is 1. The van der Waals surface area contributed by atoms with Gasteiger partial charge in [0.2, 0.25) is 5.91 Å². The standard InChI is InChI=1S/C21H38N2O6.K/c1-4-7-8-9-10-19(25)22-11-12-23(13-14-24,15-17(5-2)20(26)27)16-18(6-3)21(28)29;/h7-8,17-18,24H,4-6,9-16H2,1-3H3,(H2-,22,25,26,27,28,29);/q;+1/b8-7+;. The molecule has 0 aliphatic carbocycles. The van der Waals surface area contributed by atoms with Crippen molar-refractivity contribution in [3.63, 3.8) is 0 Å². The fourth-order valence-corrected chi connectivity index (χ4v) is 3.47. The molecule has 0 aromatic heterocycles. The van der Waals surface area contributed by atoms with E-state index >= 15 is 0 Å².